The van der Waals surface area contributed by atoms with Crippen LogP contribution >= 0.6 is 0 Å². The third kappa shape index (κ3) is 2.13. The van der Waals surface area contributed by atoms with Gasteiger partial charge in [0.15, 0.2) is 5.82 Å². The molecular weight excluding hydrogens is 218 g/mol. The number of nitrogens with two attached hydrogens (primary N) is 1. The van der Waals surface area contributed by atoms with Crippen LogP contribution < -0.4 is 10.5 Å². The average Bonchev–Trinajstić information content (AvgIpc) is 2.78. The standard InChI is InChI=1S/C12H13N3O2/c1-7-5-8(3-4-10(7)17-2)9-6-14-12(15-9)11(13)16/h3-6H,1-2H3,(H2,13,16)(H,14,15). The van der Waals surface area contributed by atoms with Gasteiger partial charge in [-0.1, -0.05) is 0 Å². The Morgan fingerprint density at radius 1 is 1.47 bits per heavy atom. The van der Waals surface area contributed by atoms with Crippen molar-refractivity contribution in [2.24, 2.45) is 5.73 Å². The smallest absolute Gasteiger partial charge is 0.284 e. The van der Waals surface area contributed by atoms with Crippen LogP contribution in [0.4, 0.5) is 0 Å². The fraction of sp³-hybridized carbons (Fsp3) is 0.167. The summed E-state index contributed by atoms with van der Waals surface area (Å²) in [6.07, 6.45) is 1.58. The Morgan fingerprint density at radius 2 is 2.24 bits per heavy atom. The molecule has 1 heterocycles. The Morgan fingerprint density at radius 3 is 2.76 bits per heavy atom. The predicted molar refractivity (Wildman–Crippen MR) is 63.8 cm³/mol. The lowest BCUT2D eigenvalue weighted by atomic mass is 10.1. The highest BCUT2D eigenvalue weighted by Gasteiger charge is 2.08. The van der Waals surface area contributed by atoms with Gasteiger partial charge < -0.3 is 15.5 Å². The zero-order chi connectivity index (χ0) is 12.4. The molecule has 1 aromatic heterocycles. The van der Waals surface area contributed by atoms with Crippen molar-refractivity contribution in [2.45, 2.75) is 6.92 Å². The summed E-state index contributed by atoms with van der Waals surface area (Å²) in [6.45, 7) is 1.95. The summed E-state index contributed by atoms with van der Waals surface area (Å²) in [7, 11) is 1.63. The van der Waals surface area contributed by atoms with E-state index in [2.05, 4.69) is 9.97 Å². The summed E-state index contributed by atoms with van der Waals surface area (Å²) >= 11 is 0. The van der Waals surface area contributed by atoms with Gasteiger partial charge in [0.2, 0.25) is 0 Å². The van der Waals surface area contributed by atoms with E-state index in [4.69, 9.17) is 10.5 Å². The average molecular weight is 231 g/mol. The third-order valence-corrected chi connectivity index (χ3v) is 2.52. The van der Waals surface area contributed by atoms with E-state index in [1.165, 1.54) is 0 Å². The van der Waals surface area contributed by atoms with Gasteiger partial charge >= 0.3 is 0 Å². The number of methoxy groups -OCH3 is 1. The molecule has 0 saturated heterocycles. The number of carbonyl (C=O) groups is 1. The highest BCUT2D eigenvalue weighted by atomic mass is 16.5. The van der Waals surface area contributed by atoms with E-state index in [1.54, 1.807) is 13.3 Å². The molecule has 0 fully saturated rings. The summed E-state index contributed by atoms with van der Waals surface area (Å²) < 4.78 is 5.18. The molecule has 5 heteroatoms. The van der Waals surface area contributed by atoms with Crippen LogP contribution in [0.5, 0.6) is 5.75 Å². The topological polar surface area (TPSA) is 81.0 Å². The monoisotopic (exact) mass is 231 g/mol. The van der Waals surface area contributed by atoms with E-state index in [0.29, 0.717) is 0 Å². The zero-order valence-corrected chi connectivity index (χ0v) is 9.65. The Labute approximate surface area is 98.6 Å². The van der Waals surface area contributed by atoms with Gasteiger partial charge in [-0.05, 0) is 30.7 Å². The van der Waals surface area contributed by atoms with Crippen molar-refractivity contribution in [3.8, 4) is 17.0 Å². The van der Waals surface area contributed by atoms with Crippen LogP contribution in [0.25, 0.3) is 11.3 Å². The first kappa shape index (κ1) is 11.2. The van der Waals surface area contributed by atoms with Crippen molar-refractivity contribution in [1.82, 2.24) is 9.97 Å². The normalized spacial score (nSPS) is 10.2. The maximum atomic E-state index is 10.9. The summed E-state index contributed by atoms with van der Waals surface area (Å²) in [5, 5.41) is 0. The highest BCUT2D eigenvalue weighted by Crippen LogP contribution is 2.24. The summed E-state index contributed by atoms with van der Waals surface area (Å²) in [5.41, 5.74) is 7.83. The number of aryl methyl sites for hydroxylation is 1. The summed E-state index contributed by atoms with van der Waals surface area (Å²) in [4.78, 5) is 17.7. The quantitative estimate of drug-likeness (QED) is 0.839. The first-order valence-electron chi connectivity index (χ1n) is 5.11. The second-order valence-electron chi connectivity index (χ2n) is 3.69. The van der Waals surface area contributed by atoms with Crippen molar-refractivity contribution >= 4 is 5.91 Å². The summed E-state index contributed by atoms with van der Waals surface area (Å²) in [6, 6.07) is 5.72. The molecule has 17 heavy (non-hydrogen) atoms. The molecule has 0 aliphatic rings. The second kappa shape index (κ2) is 4.29. The third-order valence-electron chi connectivity index (χ3n) is 2.52. The molecule has 0 bridgehead atoms. The molecule has 2 aromatic rings. The Bertz CT molecular complexity index is 561. The fourth-order valence-electron chi connectivity index (χ4n) is 1.64. The molecule has 3 N–H and O–H groups in total. The van der Waals surface area contributed by atoms with Gasteiger partial charge in [-0.15, -0.1) is 0 Å². The van der Waals surface area contributed by atoms with Gasteiger partial charge in [-0.3, -0.25) is 4.79 Å². The van der Waals surface area contributed by atoms with Crippen molar-refractivity contribution < 1.29 is 9.53 Å². The Hall–Kier alpha value is -2.30. The van der Waals surface area contributed by atoms with Gasteiger partial charge in [0, 0.05) is 5.56 Å². The molecule has 0 aliphatic carbocycles. The summed E-state index contributed by atoms with van der Waals surface area (Å²) in [5.74, 6) is 0.415. The first-order valence-corrected chi connectivity index (χ1v) is 5.11. The lowest BCUT2D eigenvalue weighted by molar-refractivity contribution is 0.0991. The number of carbonyl (C=O) groups excluding carboxylic acids is 1. The van der Waals surface area contributed by atoms with E-state index >= 15 is 0 Å². The minimum absolute atomic E-state index is 0.161. The molecule has 0 spiro atoms. The largest absolute Gasteiger partial charge is 0.496 e. The molecule has 1 aromatic carbocycles. The molecule has 1 amide bonds. The highest BCUT2D eigenvalue weighted by molar-refractivity contribution is 5.89. The van der Waals surface area contributed by atoms with Crippen molar-refractivity contribution in [3.63, 3.8) is 0 Å². The van der Waals surface area contributed by atoms with E-state index in [1.807, 2.05) is 25.1 Å². The Kier molecular flexibility index (Phi) is 2.82. The van der Waals surface area contributed by atoms with Crippen LogP contribution in [0, 0.1) is 6.92 Å². The van der Waals surface area contributed by atoms with Crippen LogP contribution in [0.15, 0.2) is 24.4 Å². The number of benzene rings is 1. The number of H-pyrrole nitrogens is 1. The molecule has 0 radical (unpaired) electrons. The minimum atomic E-state index is -0.568. The zero-order valence-electron chi connectivity index (χ0n) is 9.65. The molecule has 2 rings (SSSR count). The van der Waals surface area contributed by atoms with Gasteiger partial charge in [-0.25, -0.2) is 4.98 Å². The van der Waals surface area contributed by atoms with Gasteiger partial charge in [0.05, 0.1) is 19.0 Å². The molecule has 0 atom stereocenters. The maximum Gasteiger partial charge on any atom is 0.284 e. The van der Waals surface area contributed by atoms with Crippen molar-refractivity contribution in [3.05, 3.63) is 35.8 Å². The lowest BCUT2D eigenvalue weighted by Crippen LogP contribution is -2.12. The molecule has 0 aliphatic heterocycles. The van der Waals surface area contributed by atoms with Crippen LogP contribution in [0.3, 0.4) is 0 Å². The van der Waals surface area contributed by atoms with Crippen LogP contribution in [-0.2, 0) is 0 Å². The molecule has 0 saturated carbocycles. The van der Waals surface area contributed by atoms with E-state index in [0.717, 1.165) is 22.6 Å². The Balaban J connectivity index is 2.39. The number of rotatable bonds is 3. The van der Waals surface area contributed by atoms with Gasteiger partial charge in [-0.2, -0.15) is 0 Å². The van der Waals surface area contributed by atoms with Crippen LogP contribution in [0.1, 0.15) is 16.2 Å². The predicted octanol–water partition coefficient (Wildman–Crippen LogP) is 1.49. The van der Waals surface area contributed by atoms with Gasteiger partial charge in [0.1, 0.15) is 5.75 Å². The SMILES string of the molecule is COc1ccc(-c2cnc(C(N)=O)[nH]2)cc1C. The number of ether oxygens (including phenoxy) is 1. The lowest BCUT2D eigenvalue weighted by Gasteiger charge is -2.05. The number of amides is 1. The minimum Gasteiger partial charge on any atom is -0.496 e. The second-order valence-corrected chi connectivity index (χ2v) is 3.69. The first-order chi connectivity index (χ1) is 8.11. The van der Waals surface area contributed by atoms with E-state index < -0.39 is 5.91 Å². The number of aromatic nitrogens is 2. The number of imidazole rings is 1. The molecule has 5 nitrogen and oxygen atoms in total. The molecule has 88 valence electrons. The number of aromatic amines is 1. The van der Waals surface area contributed by atoms with E-state index in [-0.39, 0.29) is 5.82 Å². The van der Waals surface area contributed by atoms with E-state index in [9.17, 15) is 4.79 Å². The number of hydrogen-bond acceptors (Lipinski definition) is 3. The number of nitrogens with zero attached hydrogens (tertiary/aromatic N) is 1. The maximum absolute atomic E-state index is 10.9. The van der Waals surface area contributed by atoms with Crippen molar-refractivity contribution in [1.29, 1.82) is 0 Å². The number of primary amides is 1. The molecular formula is C12H13N3O2. The van der Waals surface area contributed by atoms with Crippen LogP contribution in [0.2, 0.25) is 0 Å². The molecule has 0 unspecified atom stereocenters. The number of hydrogen-bond donors (Lipinski definition) is 2. The number of nitrogens with one attached hydrogen (secondary N) is 1. The van der Waals surface area contributed by atoms with Crippen LogP contribution in [-0.4, -0.2) is 23.0 Å². The fourth-order valence-corrected chi connectivity index (χ4v) is 1.64. The van der Waals surface area contributed by atoms with Gasteiger partial charge in [0.25, 0.3) is 5.91 Å². The van der Waals surface area contributed by atoms with Crippen molar-refractivity contribution in [2.75, 3.05) is 7.11 Å².